The Hall–Kier alpha value is -2.34. The van der Waals surface area contributed by atoms with Crippen LogP contribution in [0.2, 0.25) is 0 Å². The van der Waals surface area contributed by atoms with Crippen LogP contribution in [0, 0.1) is 18.7 Å². The van der Waals surface area contributed by atoms with E-state index in [1.165, 1.54) is 41.6 Å². The van der Waals surface area contributed by atoms with Gasteiger partial charge < -0.3 is 10.6 Å². The quantitative estimate of drug-likeness (QED) is 0.688. The van der Waals surface area contributed by atoms with Crippen LogP contribution in [0.1, 0.15) is 36.9 Å². The second kappa shape index (κ2) is 9.24. The number of rotatable bonds is 8. The fourth-order valence-electron chi connectivity index (χ4n) is 2.95. The summed E-state index contributed by atoms with van der Waals surface area (Å²) in [5.41, 5.74) is 2.87. The van der Waals surface area contributed by atoms with Crippen LogP contribution in [0.15, 0.2) is 48.5 Å². The lowest BCUT2D eigenvalue weighted by Crippen LogP contribution is -2.36. The van der Waals surface area contributed by atoms with Crippen molar-refractivity contribution in [1.29, 1.82) is 0 Å². The van der Waals surface area contributed by atoms with Gasteiger partial charge in [0.1, 0.15) is 5.82 Å². The number of hydrogen-bond donors (Lipinski definition) is 2. The van der Waals surface area contributed by atoms with Gasteiger partial charge in [-0.15, -0.1) is 11.8 Å². The molecule has 28 heavy (non-hydrogen) atoms. The van der Waals surface area contributed by atoms with Crippen LogP contribution >= 0.6 is 11.8 Å². The van der Waals surface area contributed by atoms with E-state index >= 15 is 0 Å². The van der Waals surface area contributed by atoms with Gasteiger partial charge in [0.2, 0.25) is 11.8 Å². The van der Waals surface area contributed by atoms with E-state index < -0.39 is 0 Å². The minimum absolute atomic E-state index is 0.0317. The fourth-order valence-corrected chi connectivity index (χ4v) is 3.65. The second-order valence-electron chi connectivity index (χ2n) is 7.24. The Morgan fingerprint density at radius 2 is 1.75 bits per heavy atom. The molecule has 1 fully saturated rings. The minimum Gasteiger partial charge on any atom is -0.348 e. The molecule has 6 heteroatoms. The summed E-state index contributed by atoms with van der Waals surface area (Å²) in [7, 11) is 0. The summed E-state index contributed by atoms with van der Waals surface area (Å²) < 4.78 is 12.9. The van der Waals surface area contributed by atoms with E-state index in [4.69, 9.17) is 0 Å². The fraction of sp³-hybridized carbons (Fsp3) is 0.364. The number of thioether (sulfide) groups is 1. The van der Waals surface area contributed by atoms with E-state index in [2.05, 4.69) is 34.9 Å². The molecule has 0 aliphatic heterocycles. The molecule has 2 aromatic rings. The molecular formula is C22H25FN2O2S. The van der Waals surface area contributed by atoms with E-state index in [-0.39, 0.29) is 34.7 Å². The Morgan fingerprint density at radius 1 is 1.11 bits per heavy atom. The summed E-state index contributed by atoms with van der Waals surface area (Å²) in [6, 6.07) is 13.9. The van der Waals surface area contributed by atoms with Crippen LogP contribution < -0.4 is 10.6 Å². The molecule has 0 bridgehead atoms. The molecule has 0 aromatic heterocycles. The average Bonchev–Trinajstić information content (AvgIpc) is 3.52. The van der Waals surface area contributed by atoms with Crippen molar-refractivity contribution in [2.45, 2.75) is 38.0 Å². The third-order valence-electron chi connectivity index (χ3n) is 4.79. The molecule has 2 N–H and O–H groups in total. The van der Waals surface area contributed by atoms with Crippen molar-refractivity contribution in [2.75, 3.05) is 11.1 Å². The number of halogens is 1. The molecule has 1 aliphatic carbocycles. The summed E-state index contributed by atoms with van der Waals surface area (Å²) in [5.74, 6) is 0.0256. The molecular weight excluding hydrogens is 375 g/mol. The van der Waals surface area contributed by atoms with Gasteiger partial charge in [0.05, 0.1) is 17.0 Å². The third kappa shape index (κ3) is 5.83. The van der Waals surface area contributed by atoms with E-state index in [1.54, 1.807) is 0 Å². The van der Waals surface area contributed by atoms with Gasteiger partial charge in [0.15, 0.2) is 0 Å². The van der Waals surface area contributed by atoms with Crippen LogP contribution in [0.3, 0.4) is 0 Å². The van der Waals surface area contributed by atoms with Crippen LogP contribution in [-0.4, -0.2) is 22.8 Å². The van der Waals surface area contributed by atoms with Crippen molar-refractivity contribution < 1.29 is 14.0 Å². The van der Waals surface area contributed by atoms with Gasteiger partial charge in [-0.1, -0.05) is 29.8 Å². The molecule has 1 saturated carbocycles. The van der Waals surface area contributed by atoms with E-state index in [0.717, 1.165) is 18.4 Å². The number of hydrogen-bond acceptors (Lipinski definition) is 3. The smallest absolute Gasteiger partial charge is 0.234 e. The van der Waals surface area contributed by atoms with Crippen molar-refractivity contribution in [2.24, 2.45) is 5.92 Å². The number of carbonyl (C=O) groups is 2. The predicted molar refractivity (Wildman–Crippen MR) is 112 cm³/mol. The SMILES string of the molecule is Cc1ccc(C(NC(=O)C(C)SCC(=O)Nc2ccc(F)cc2)C2CC2)cc1. The maximum atomic E-state index is 12.9. The Kier molecular flexibility index (Phi) is 6.73. The van der Waals surface area contributed by atoms with Crippen LogP contribution in [0.4, 0.5) is 10.1 Å². The van der Waals surface area contributed by atoms with E-state index in [9.17, 15) is 14.0 Å². The Labute approximate surface area is 169 Å². The van der Waals surface area contributed by atoms with Gasteiger partial charge in [-0.05, 0) is 62.4 Å². The summed E-state index contributed by atoms with van der Waals surface area (Å²) in [6.45, 7) is 3.86. The number of anilines is 1. The molecule has 2 unspecified atom stereocenters. The summed E-state index contributed by atoms with van der Waals surface area (Å²) >= 11 is 1.29. The summed E-state index contributed by atoms with van der Waals surface area (Å²) in [4.78, 5) is 24.7. The zero-order valence-electron chi connectivity index (χ0n) is 16.1. The van der Waals surface area contributed by atoms with Crippen molar-refractivity contribution in [3.05, 3.63) is 65.5 Å². The third-order valence-corrected chi connectivity index (χ3v) is 5.93. The second-order valence-corrected chi connectivity index (χ2v) is 8.57. The zero-order valence-corrected chi connectivity index (χ0v) is 16.9. The lowest BCUT2D eigenvalue weighted by atomic mass is 10.0. The molecule has 0 radical (unpaired) electrons. The topological polar surface area (TPSA) is 58.2 Å². The molecule has 0 saturated heterocycles. The number of nitrogens with one attached hydrogen (secondary N) is 2. The summed E-state index contributed by atoms with van der Waals surface area (Å²) in [6.07, 6.45) is 2.25. The Morgan fingerprint density at radius 3 is 2.36 bits per heavy atom. The minimum atomic E-state index is -0.350. The number of amides is 2. The molecule has 1 aliphatic rings. The van der Waals surface area contributed by atoms with Gasteiger partial charge in [-0.3, -0.25) is 9.59 Å². The largest absolute Gasteiger partial charge is 0.348 e. The van der Waals surface area contributed by atoms with Gasteiger partial charge >= 0.3 is 0 Å². The molecule has 4 nitrogen and oxygen atoms in total. The molecule has 2 atom stereocenters. The predicted octanol–water partition coefficient (Wildman–Crippen LogP) is 4.46. The van der Waals surface area contributed by atoms with Gasteiger partial charge in [0, 0.05) is 5.69 Å². The average molecular weight is 401 g/mol. The van der Waals surface area contributed by atoms with E-state index in [0.29, 0.717) is 11.6 Å². The maximum Gasteiger partial charge on any atom is 0.234 e. The van der Waals surface area contributed by atoms with Crippen LogP contribution in [-0.2, 0) is 9.59 Å². The highest BCUT2D eigenvalue weighted by Gasteiger charge is 2.34. The number of benzene rings is 2. The number of aryl methyl sites for hydroxylation is 1. The van der Waals surface area contributed by atoms with Crippen LogP contribution in [0.5, 0.6) is 0 Å². The first-order valence-electron chi connectivity index (χ1n) is 9.46. The zero-order chi connectivity index (χ0) is 20.1. The highest BCUT2D eigenvalue weighted by atomic mass is 32.2. The lowest BCUT2D eigenvalue weighted by Gasteiger charge is -2.21. The van der Waals surface area contributed by atoms with Crippen molar-refractivity contribution in [3.8, 4) is 0 Å². The van der Waals surface area contributed by atoms with Crippen molar-refractivity contribution in [3.63, 3.8) is 0 Å². The molecule has 3 rings (SSSR count). The van der Waals surface area contributed by atoms with E-state index in [1.807, 2.05) is 13.8 Å². The monoisotopic (exact) mass is 400 g/mol. The first-order valence-corrected chi connectivity index (χ1v) is 10.5. The van der Waals surface area contributed by atoms with Crippen molar-refractivity contribution in [1.82, 2.24) is 5.32 Å². The Balaban J connectivity index is 1.49. The number of carbonyl (C=O) groups excluding carboxylic acids is 2. The lowest BCUT2D eigenvalue weighted by molar-refractivity contribution is -0.121. The first-order chi connectivity index (χ1) is 13.4. The molecule has 0 heterocycles. The first kappa shape index (κ1) is 20.4. The van der Waals surface area contributed by atoms with Gasteiger partial charge in [0.25, 0.3) is 0 Å². The summed E-state index contributed by atoms with van der Waals surface area (Å²) in [5, 5.41) is 5.52. The van der Waals surface area contributed by atoms with Gasteiger partial charge in [-0.2, -0.15) is 0 Å². The molecule has 148 valence electrons. The molecule has 2 aromatic carbocycles. The van der Waals surface area contributed by atoms with Crippen molar-refractivity contribution >= 4 is 29.3 Å². The van der Waals surface area contributed by atoms with Gasteiger partial charge in [-0.25, -0.2) is 4.39 Å². The molecule has 2 amide bonds. The maximum absolute atomic E-state index is 12.9. The molecule has 0 spiro atoms. The normalized spacial score (nSPS) is 15.5. The van der Waals surface area contributed by atoms with Crippen LogP contribution in [0.25, 0.3) is 0 Å². The highest BCUT2D eigenvalue weighted by Crippen LogP contribution is 2.41. The highest BCUT2D eigenvalue weighted by molar-refractivity contribution is 8.01. The standard InChI is InChI=1S/C22H25FN2O2S/c1-14-3-5-16(6-4-14)21(17-7-8-17)25-22(27)15(2)28-13-20(26)24-19-11-9-18(23)10-12-19/h3-6,9-12,15,17,21H,7-8,13H2,1-2H3,(H,24,26)(H,25,27). The Bertz CT molecular complexity index is 819.